The highest BCUT2D eigenvalue weighted by Gasteiger charge is 2.21. The fourth-order valence-corrected chi connectivity index (χ4v) is 3.75. The second-order valence-corrected chi connectivity index (χ2v) is 7.27. The highest BCUT2D eigenvalue weighted by molar-refractivity contribution is 5.42. The lowest BCUT2D eigenvalue weighted by Crippen LogP contribution is -2.42. The zero-order chi connectivity index (χ0) is 19.2. The number of aromatic nitrogens is 3. The van der Waals surface area contributed by atoms with Crippen molar-refractivity contribution in [1.29, 1.82) is 0 Å². The SMILES string of the molecule is COc1ccc(CN2CCCC(Nc3ccnc(N4CCOCC4)n3)C2)cn1. The van der Waals surface area contributed by atoms with Crippen LogP contribution in [-0.2, 0) is 11.3 Å². The van der Waals surface area contributed by atoms with Crippen LogP contribution in [0.1, 0.15) is 18.4 Å². The Bertz CT molecular complexity index is 751. The van der Waals surface area contributed by atoms with Gasteiger partial charge in [0.15, 0.2) is 0 Å². The minimum absolute atomic E-state index is 0.382. The Morgan fingerprint density at radius 1 is 1.18 bits per heavy atom. The van der Waals surface area contributed by atoms with Gasteiger partial charge in [0.05, 0.1) is 20.3 Å². The van der Waals surface area contributed by atoms with Gasteiger partial charge in [0.25, 0.3) is 0 Å². The summed E-state index contributed by atoms with van der Waals surface area (Å²) in [6.07, 6.45) is 6.05. The maximum atomic E-state index is 5.42. The first kappa shape index (κ1) is 18.9. The summed E-state index contributed by atoms with van der Waals surface area (Å²) in [5.41, 5.74) is 1.21. The van der Waals surface area contributed by atoms with Gasteiger partial charge in [0.2, 0.25) is 11.8 Å². The number of anilines is 2. The van der Waals surface area contributed by atoms with Gasteiger partial charge in [-0.05, 0) is 31.0 Å². The Morgan fingerprint density at radius 3 is 2.86 bits per heavy atom. The lowest BCUT2D eigenvalue weighted by molar-refractivity contribution is 0.122. The van der Waals surface area contributed by atoms with Gasteiger partial charge in [-0.25, -0.2) is 9.97 Å². The number of rotatable bonds is 6. The van der Waals surface area contributed by atoms with Gasteiger partial charge in [-0.2, -0.15) is 4.98 Å². The van der Waals surface area contributed by atoms with Crippen LogP contribution < -0.4 is 15.0 Å². The number of nitrogens with zero attached hydrogens (tertiary/aromatic N) is 5. The predicted octanol–water partition coefficient (Wildman–Crippen LogP) is 1.79. The summed E-state index contributed by atoms with van der Waals surface area (Å²) < 4.78 is 10.6. The van der Waals surface area contributed by atoms with E-state index in [9.17, 15) is 0 Å². The third-order valence-electron chi connectivity index (χ3n) is 5.21. The number of piperidine rings is 1. The molecule has 1 N–H and O–H groups in total. The molecule has 4 rings (SSSR count). The molecule has 150 valence electrons. The Balaban J connectivity index is 1.34. The Kier molecular flexibility index (Phi) is 6.18. The third-order valence-corrected chi connectivity index (χ3v) is 5.21. The van der Waals surface area contributed by atoms with E-state index in [1.165, 1.54) is 12.0 Å². The van der Waals surface area contributed by atoms with Gasteiger partial charge in [0, 0.05) is 50.7 Å². The van der Waals surface area contributed by atoms with Crippen molar-refractivity contribution in [3.63, 3.8) is 0 Å². The van der Waals surface area contributed by atoms with Crippen molar-refractivity contribution in [3.8, 4) is 5.88 Å². The van der Waals surface area contributed by atoms with Gasteiger partial charge < -0.3 is 19.7 Å². The summed E-state index contributed by atoms with van der Waals surface area (Å²) in [4.78, 5) is 18.1. The number of ether oxygens (including phenoxy) is 2. The highest BCUT2D eigenvalue weighted by Crippen LogP contribution is 2.19. The summed E-state index contributed by atoms with van der Waals surface area (Å²) in [5, 5.41) is 3.61. The van der Waals surface area contributed by atoms with Gasteiger partial charge in [-0.1, -0.05) is 6.07 Å². The fraction of sp³-hybridized carbons (Fsp3) is 0.550. The van der Waals surface area contributed by atoms with E-state index in [-0.39, 0.29) is 0 Å². The van der Waals surface area contributed by atoms with Gasteiger partial charge in [-0.15, -0.1) is 0 Å². The quantitative estimate of drug-likeness (QED) is 0.808. The maximum Gasteiger partial charge on any atom is 0.227 e. The molecule has 1 atom stereocenters. The molecule has 1 unspecified atom stereocenters. The van der Waals surface area contributed by atoms with Crippen LogP contribution in [0.3, 0.4) is 0 Å². The predicted molar refractivity (Wildman–Crippen MR) is 108 cm³/mol. The molecule has 2 aromatic rings. The summed E-state index contributed by atoms with van der Waals surface area (Å²) in [7, 11) is 1.64. The molecule has 2 aliphatic heterocycles. The number of pyridine rings is 1. The molecule has 2 aliphatic rings. The first-order valence-electron chi connectivity index (χ1n) is 9.94. The van der Waals surface area contributed by atoms with E-state index in [4.69, 9.17) is 14.5 Å². The molecular weight excluding hydrogens is 356 g/mol. The average molecular weight is 384 g/mol. The van der Waals surface area contributed by atoms with E-state index in [0.29, 0.717) is 11.9 Å². The molecule has 0 radical (unpaired) electrons. The Morgan fingerprint density at radius 2 is 2.07 bits per heavy atom. The van der Waals surface area contributed by atoms with E-state index in [1.807, 2.05) is 24.5 Å². The van der Waals surface area contributed by atoms with Gasteiger partial charge >= 0.3 is 0 Å². The zero-order valence-corrected chi connectivity index (χ0v) is 16.4. The van der Waals surface area contributed by atoms with Crippen molar-refractivity contribution >= 4 is 11.8 Å². The molecule has 0 aromatic carbocycles. The molecule has 8 nitrogen and oxygen atoms in total. The second-order valence-electron chi connectivity index (χ2n) is 7.27. The van der Waals surface area contributed by atoms with Crippen LogP contribution in [0.5, 0.6) is 5.88 Å². The normalized spacial score (nSPS) is 20.8. The van der Waals surface area contributed by atoms with E-state index < -0.39 is 0 Å². The van der Waals surface area contributed by atoms with Crippen molar-refractivity contribution in [2.45, 2.75) is 25.4 Å². The van der Waals surface area contributed by atoms with Crippen LogP contribution in [0.2, 0.25) is 0 Å². The first-order valence-corrected chi connectivity index (χ1v) is 9.94. The van der Waals surface area contributed by atoms with Crippen LogP contribution in [0.15, 0.2) is 30.6 Å². The number of nitrogens with one attached hydrogen (secondary N) is 1. The van der Waals surface area contributed by atoms with Crippen LogP contribution in [-0.4, -0.2) is 72.4 Å². The highest BCUT2D eigenvalue weighted by atomic mass is 16.5. The first-order chi connectivity index (χ1) is 13.8. The number of morpholine rings is 1. The molecule has 4 heterocycles. The van der Waals surface area contributed by atoms with Gasteiger partial charge in [0.1, 0.15) is 5.82 Å². The molecule has 0 spiro atoms. The van der Waals surface area contributed by atoms with E-state index in [0.717, 1.165) is 64.1 Å². The van der Waals surface area contributed by atoms with Crippen molar-refractivity contribution in [1.82, 2.24) is 19.9 Å². The lowest BCUT2D eigenvalue weighted by atomic mass is 10.1. The molecule has 28 heavy (non-hydrogen) atoms. The Labute approximate surface area is 165 Å². The fourth-order valence-electron chi connectivity index (χ4n) is 3.75. The molecule has 2 fully saturated rings. The molecule has 8 heteroatoms. The summed E-state index contributed by atoms with van der Waals surface area (Å²) >= 11 is 0. The van der Waals surface area contributed by atoms with E-state index in [1.54, 1.807) is 7.11 Å². The van der Waals surface area contributed by atoms with E-state index >= 15 is 0 Å². The molecule has 0 bridgehead atoms. The second kappa shape index (κ2) is 9.16. The summed E-state index contributed by atoms with van der Waals surface area (Å²) in [6.45, 7) is 6.15. The zero-order valence-electron chi connectivity index (χ0n) is 16.4. The lowest BCUT2D eigenvalue weighted by Gasteiger charge is -2.33. The van der Waals surface area contributed by atoms with Crippen molar-refractivity contribution in [2.75, 3.05) is 56.7 Å². The number of methoxy groups -OCH3 is 1. The maximum absolute atomic E-state index is 5.42. The smallest absolute Gasteiger partial charge is 0.227 e. The van der Waals surface area contributed by atoms with Gasteiger partial charge in [-0.3, -0.25) is 4.90 Å². The monoisotopic (exact) mass is 384 g/mol. The topological polar surface area (TPSA) is 75.6 Å². The standard InChI is InChI=1S/C20H28N6O2/c1-27-19-5-4-16(13-22-19)14-25-8-2-3-17(15-25)23-18-6-7-21-20(24-18)26-9-11-28-12-10-26/h4-7,13,17H,2-3,8-12,14-15H2,1H3,(H,21,23,24). The number of hydrogen-bond acceptors (Lipinski definition) is 8. The van der Waals surface area contributed by atoms with Crippen molar-refractivity contribution in [2.24, 2.45) is 0 Å². The number of likely N-dealkylation sites (tertiary alicyclic amines) is 1. The molecule has 2 aromatic heterocycles. The molecule has 0 amide bonds. The molecule has 0 aliphatic carbocycles. The van der Waals surface area contributed by atoms with Crippen LogP contribution in [0.4, 0.5) is 11.8 Å². The minimum atomic E-state index is 0.382. The largest absolute Gasteiger partial charge is 0.481 e. The van der Waals surface area contributed by atoms with Crippen LogP contribution in [0.25, 0.3) is 0 Å². The summed E-state index contributed by atoms with van der Waals surface area (Å²) in [5.74, 6) is 2.33. The summed E-state index contributed by atoms with van der Waals surface area (Å²) in [6, 6.07) is 6.34. The molecule has 0 saturated carbocycles. The minimum Gasteiger partial charge on any atom is -0.481 e. The third kappa shape index (κ3) is 4.88. The molecular formula is C20H28N6O2. The van der Waals surface area contributed by atoms with Crippen LogP contribution in [0, 0.1) is 0 Å². The molecule has 2 saturated heterocycles. The Hall–Kier alpha value is -2.45. The number of hydrogen-bond donors (Lipinski definition) is 1. The average Bonchev–Trinajstić information content (AvgIpc) is 2.75. The van der Waals surface area contributed by atoms with E-state index in [2.05, 4.69) is 31.2 Å². The van der Waals surface area contributed by atoms with Crippen LogP contribution >= 0.6 is 0 Å². The van der Waals surface area contributed by atoms with Crippen molar-refractivity contribution in [3.05, 3.63) is 36.2 Å². The van der Waals surface area contributed by atoms with Crippen molar-refractivity contribution < 1.29 is 9.47 Å².